The number of aryl methyl sites for hydroxylation is 1. The van der Waals surface area contributed by atoms with Gasteiger partial charge in [0.25, 0.3) is 11.6 Å². The summed E-state index contributed by atoms with van der Waals surface area (Å²) >= 11 is 5.08. The fraction of sp³-hybridized carbons (Fsp3) is 0.222. The van der Waals surface area contributed by atoms with E-state index in [-0.39, 0.29) is 10.8 Å². The van der Waals surface area contributed by atoms with E-state index in [9.17, 15) is 14.9 Å². The van der Waals surface area contributed by atoms with Gasteiger partial charge in [0.15, 0.2) is 11.2 Å². The Hall–Kier alpha value is -3.20. The maximum atomic E-state index is 12.2. The van der Waals surface area contributed by atoms with E-state index in [1.165, 1.54) is 24.3 Å². The van der Waals surface area contributed by atoms with Crippen LogP contribution >= 0.6 is 12.2 Å². The zero-order valence-electron chi connectivity index (χ0n) is 15.1. The molecule has 0 radical (unpaired) electrons. The number of anilines is 1. The SMILES string of the molecule is Cc1cccc(O[C@@H](C)C(=O)NNC(=S)Nc2ccc([N+](=O)[O-])cc2)c1C. The second kappa shape index (κ2) is 8.95. The lowest BCUT2D eigenvalue weighted by Gasteiger charge is -2.18. The Bertz CT molecular complexity index is 855. The zero-order chi connectivity index (χ0) is 20.0. The molecule has 142 valence electrons. The van der Waals surface area contributed by atoms with Crippen LogP contribution in [0.25, 0.3) is 0 Å². The Kier molecular flexibility index (Phi) is 6.67. The molecular weight excluding hydrogens is 368 g/mol. The fourth-order valence-corrected chi connectivity index (χ4v) is 2.31. The number of benzene rings is 2. The van der Waals surface area contributed by atoms with E-state index in [1.54, 1.807) is 13.0 Å². The first-order valence-electron chi connectivity index (χ1n) is 8.12. The van der Waals surface area contributed by atoms with Crippen LogP contribution in [0.3, 0.4) is 0 Å². The summed E-state index contributed by atoms with van der Waals surface area (Å²) in [6.45, 7) is 5.53. The lowest BCUT2D eigenvalue weighted by molar-refractivity contribution is -0.384. The highest BCUT2D eigenvalue weighted by molar-refractivity contribution is 7.80. The van der Waals surface area contributed by atoms with Crippen LogP contribution in [0.4, 0.5) is 11.4 Å². The Morgan fingerprint density at radius 2 is 1.81 bits per heavy atom. The van der Waals surface area contributed by atoms with Crippen LogP contribution in [0.15, 0.2) is 42.5 Å². The minimum atomic E-state index is -0.736. The molecule has 0 aliphatic rings. The van der Waals surface area contributed by atoms with Crippen molar-refractivity contribution >= 4 is 34.6 Å². The van der Waals surface area contributed by atoms with Crippen molar-refractivity contribution in [1.82, 2.24) is 10.9 Å². The number of nitrogens with one attached hydrogen (secondary N) is 3. The van der Waals surface area contributed by atoms with Crippen LogP contribution in [0.2, 0.25) is 0 Å². The predicted molar refractivity (Wildman–Crippen MR) is 107 cm³/mol. The molecule has 0 aliphatic carbocycles. The topological polar surface area (TPSA) is 106 Å². The molecule has 0 saturated heterocycles. The summed E-state index contributed by atoms with van der Waals surface area (Å²) in [7, 11) is 0. The molecule has 0 heterocycles. The first-order valence-corrected chi connectivity index (χ1v) is 8.53. The van der Waals surface area contributed by atoms with E-state index in [2.05, 4.69) is 16.2 Å². The smallest absolute Gasteiger partial charge is 0.279 e. The van der Waals surface area contributed by atoms with Gasteiger partial charge >= 0.3 is 0 Å². The Morgan fingerprint density at radius 1 is 1.15 bits per heavy atom. The molecule has 8 nitrogen and oxygen atoms in total. The molecule has 0 aromatic heterocycles. The lowest BCUT2D eigenvalue weighted by Crippen LogP contribution is -2.48. The number of amides is 1. The molecule has 1 atom stereocenters. The summed E-state index contributed by atoms with van der Waals surface area (Å²) in [6, 6.07) is 11.4. The van der Waals surface area contributed by atoms with E-state index >= 15 is 0 Å². The maximum Gasteiger partial charge on any atom is 0.279 e. The summed E-state index contributed by atoms with van der Waals surface area (Å²) in [4.78, 5) is 22.3. The van der Waals surface area contributed by atoms with Crippen molar-refractivity contribution in [1.29, 1.82) is 0 Å². The fourth-order valence-electron chi connectivity index (χ4n) is 2.14. The molecule has 2 aromatic carbocycles. The number of carbonyl (C=O) groups is 1. The first kappa shape index (κ1) is 20.1. The molecule has 0 bridgehead atoms. The van der Waals surface area contributed by atoms with Gasteiger partial charge in [-0.15, -0.1) is 0 Å². The van der Waals surface area contributed by atoms with Crippen LogP contribution in [0.5, 0.6) is 5.75 Å². The van der Waals surface area contributed by atoms with Crippen molar-refractivity contribution in [2.45, 2.75) is 26.9 Å². The van der Waals surface area contributed by atoms with E-state index in [4.69, 9.17) is 17.0 Å². The Labute approximate surface area is 162 Å². The molecule has 1 amide bonds. The van der Waals surface area contributed by atoms with Crippen LogP contribution in [-0.2, 0) is 4.79 Å². The van der Waals surface area contributed by atoms with Crippen molar-refractivity contribution in [3.8, 4) is 5.75 Å². The van der Waals surface area contributed by atoms with Gasteiger partial charge in [-0.05, 0) is 62.3 Å². The van der Waals surface area contributed by atoms with Crippen molar-refractivity contribution in [2.24, 2.45) is 0 Å². The number of non-ortho nitro benzene ring substituents is 1. The number of nitrogens with zero attached hydrogens (tertiary/aromatic N) is 1. The highest BCUT2D eigenvalue weighted by Crippen LogP contribution is 2.21. The largest absolute Gasteiger partial charge is 0.481 e. The van der Waals surface area contributed by atoms with Crippen LogP contribution in [-0.4, -0.2) is 22.0 Å². The van der Waals surface area contributed by atoms with Gasteiger partial charge in [-0.25, -0.2) is 0 Å². The number of ether oxygens (including phenoxy) is 1. The molecule has 9 heteroatoms. The number of nitro groups is 1. The second-order valence-corrected chi connectivity index (χ2v) is 6.24. The van der Waals surface area contributed by atoms with Gasteiger partial charge in [-0.1, -0.05) is 12.1 Å². The number of thiocarbonyl (C=S) groups is 1. The number of rotatable bonds is 5. The quantitative estimate of drug-likeness (QED) is 0.411. The molecule has 2 rings (SSSR count). The van der Waals surface area contributed by atoms with Gasteiger partial charge < -0.3 is 10.1 Å². The molecule has 0 fully saturated rings. The third-order valence-electron chi connectivity index (χ3n) is 3.86. The number of carbonyl (C=O) groups excluding carboxylic acids is 1. The van der Waals surface area contributed by atoms with Gasteiger partial charge in [-0.3, -0.25) is 25.8 Å². The zero-order valence-corrected chi connectivity index (χ0v) is 15.9. The molecule has 0 unspecified atom stereocenters. The van der Waals surface area contributed by atoms with Crippen molar-refractivity contribution in [3.63, 3.8) is 0 Å². The van der Waals surface area contributed by atoms with Gasteiger partial charge in [0.05, 0.1) is 4.92 Å². The standard InChI is InChI=1S/C18H20N4O4S/c1-11-5-4-6-16(12(11)2)26-13(3)17(23)20-21-18(27)19-14-7-9-15(10-8-14)22(24)25/h4-10,13H,1-3H3,(H,20,23)(H2,19,21,27)/t13-/m0/s1. The molecule has 0 aliphatic heterocycles. The number of hydrazine groups is 1. The van der Waals surface area contributed by atoms with Gasteiger partial charge in [0.2, 0.25) is 0 Å². The van der Waals surface area contributed by atoms with E-state index in [0.29, 0.717) is 11.4 Å². The summed E-state index contributed by atoms with van der Waals surface area (Å²) in [6.07, 6.45) is -0.736. The highest BCUT2D eigenvalue weighted by Gasteiger charge is 2.16. The summed E-state index contributed by atoms with van der Waals surface area (Å²) in [5.41, 5.74) is 7.60. The molecule has 0 saturated carbocycles. The molecule has 2 aromatic rings. The first-order chi connectivity index (χ1) is 12.8. The average Bonchev–Trinajstić information content (AvgIpc) is 2.63. The highest BCUT2D eigenvalue weighted by atomic mass is 32.1. The van der Waals surface area contributed by atoms with E-state index < -0.39 is 16.9 Å². The summed E-state index contributed by atoms with van der Waals surface area (Å²) in [5.74, 6) is 0.244. The van der Waals surface area contributed by atoms with Gasteiger partial charge in [0.1, 0.15) is 5.75 Å². The maximum absolute atomic E-state index is 12.2. The van der Waals surface area contributed by atoms with Gasteiger partial charge in [-0.2, -0.15) is 0 Å². The molecule has 0 spiro atoms. The Balaban J connectivity index is 1.84. The summed E-state index contributed by atoms with van der Waals surface area (Å²) in [5, 5.41) is 13.6. The summed E-state index contributed by atoms with van der Waals surface area (Å²) < 4.78 is 5.69. The van der Waals surface area contributed by atoms with Crippen molar-refractivity contribution in [3.05, 3.63) is 63.7 Å². The van der Waals surface area contributed by atoms with Crippen molar-refractivity contribution in [2.75, 3.05) is 5.32 Å². The van der Waals surface area contributed by atoms with E-state index in [1.807, 2.05) is 26.0 Å². The third-order valence-corrected chi connectivity index (χ3v) is 4.07. The molecule has 27 heavy (non-hydrogen) atoms. The monoisotopic (exact) mass is 388 g/mol. The molecular formula is C18H20N4O4S. The third kappa shape index (κ3) is 5.65. The van der Waals surface area contributed by atoms with Crippen LogP contribution in [0.1, 0.15) is 18.1 Å². The number of nitro benzene ring substituents is 1. The van der Waals surface area contributed by atoms with Crippen LogP contribution < -0.4 is 20.9 Å². The number of hydrogen-bond acceptors (Lipinski definition) is 5. The Morgan fingerprint density at radius 3 is 2.44 bits per heavy atom. The average molecular weight is 388 g/mol. The van der Waals surface area contributed by atoms with E-state index in [0.717, 1.165) is 11.1 Å². The normalized spacial score (nSPS) is 11.2. The second-order valence-electron chi connectivity index (χ2n) is 5.83. The molecule has 3 N–H and O–H groups in total. The minimum absolute atomic E-state index is 0.0230. The van der Waals surface area contributed by atoms with Crippen molar-refractivity contribution < 1.29 is 14.5 Å². The minimum Gasteiger partial charge on any atom is -0.481 e. The number of hydrogen-bond donors (Lipinski definition) is 3. The van der Waals surface area contributed by atoms with Crippen LogP contribution in [0, 0.1) is 24.0 Å². The lowest BCUT2D eigenvalue weighted by atomic mass is 10.1. The van der Waals surface area contributed by atoms with Gasteiger partial charge in [0, 0.05) is 17.8 Å². The predicted octanol–water partition coefficient (Wildman–Crippen LogP) is 3.00.